The van der Waals surface area contributed by atoms with Crippen molar-refractivity contribution in [1.29, 1.82) is 5.26 Å². The van der Waals surface area contributed by atoms with Crippen LogP contribution in [-0.4, -0.2) is 36.4 Å². The Kier molecular flexibility index (Phi) is 9.27. The lowest BCUT2D eigenvalue weighted by molar-refractivity contribution is -0.112. The number of ether oxygens (including phenoxy) is 3. The minimum atomic E-state index is -0.567. The SMILES string of the molecule is COc1cc(/C=C(/C#N)C(=O)Nc2nnc(Cc3ccccc3)s2)ccc1OCCOc1c(C)cccc1C. The lowest BCUT2D eigenvalue weighted by Gasteiger charge is -2.14. The second-order valence-corrected chi connectivity index (χ2v) is 9.68. The summed E-state index contributed by atoms with van der Waals surface area (Å²) >= 11 is 1.27. The van der Waals surface area contributed by atoms with E-state index in [1.54, 1.807) is 18.2 Å². The first-order valence-corrected chi connectivity index (χ1v) is 13.1. The predicted molar refractivity (Wildman–Crippen MR) is 151 cm³/mol. The standard InChI is InChI=1S/C30H28N4O4S/c1-20-8-7-9-21(2)28(20)38-15-14-37-25-13-12-23(17-26(25)36-3)16-24(19-31)29(35)32-30-34-33-27(39-30)18-22-10-5-4-6-11-22/h4-13,16-17H,14-15,18H2,1-3H3,(H,32,34,35)/b24-16-. The lowest BCUT2D eigenvalue weighted by Crippen LogP contribution is -2.13. The van der Waals surface area contributed by atoms with Gasteiger partial charge in [-0.05, 0) is 54.3 Å². The van der Waals surface area contributed by atoms with Crippen molar-refractivity contribution >= 4 is 28.5 Å². The van der Waals surface area contributed by atoms with Crippen LogP contribution in [0.25, 0.3) is 6.08 Å². The summed E-state index contributed by atoms with van der Waals surface area (Å²) in [5.41, 5.74) is 3.77. The van der Waals surface area contributed by atoms with Crippen molar-refractivity contribution in [3.8, 4) is 23.3 Å². The monoisotopic (exact) mass is 540 g/mol. The van der Waals surface area contributed by atoms with Gasteiger partial charge in [0.2, 0.25) is 5.13 Å². The zero-order valence-corrected chi connectivity index (χ0v) is 22.7. The van der Waals surface area contributed by atoms with Gasteiger partial charge in [0.1, 0.15) is 35.6 Å². The van der Waals surface area contributed by atoms with E-state index in [0.29, 0.717) is 41.8 Å². The molecule has 1 amide bonds. The van der Waals surface area contributed by atoms with E-state index in [-0.39, 0.29) is 5.57 Å². The minimum absolute atomic E-state index is 0.0764. The van der Waals surface area contributed by atoms with Crippen LogP contribution >= 0.6 is 11.3 Å². The topological polar surface area (TPSA) is 106 Å². The third-order valence-corrected chi connectivity index (χ3v) is 6.58. The summed E-state index contributed by atoms with van der Waals surface area (Å²) in [6.45, 7) is 4.70. The molecule has 0 saturated heterocycles. The number of nitriles is 1. The first kappa shape index (κ1) is 27.4. The Labute approximate surface area is 231 Å². The quantitative estimate of drug-likeness (QED) is 0.146. The first-order chi connectivity index (χ1) is 19.0. The molecule has 0 fully saturated rings. The molecule has 0 aliphatic carbocycles. The van der Waals surface area contributed by atoms with Gasteiger partial charge in [-0.15, -0.1) is 10.2 Å². The Morgan fingerprint density at radius 3 is 2.44 bits per heavy atom. The highest BCUT2D eigenvalue weighted by molar-refractivity contribution is 7.15. The minimum Gasteiger partial charge on any atom is -0.493 e. The van der Waals surface area contributed by atoms with Gasteiger partial charge in [0.05, 0.1) is 7.11 Å². The largest absolute Gasteiger partial charge is 0.493 e. The zero-order valence-electron chi connectivity index (χ0n) is 21.9. The van der Waals surface area contributed by atoms with Crippen molar-refractivity contribution in [3.63, 3.8) is 0 Å². The number of aromatic nitrogens is 2. The van der Waals surface area contributed by atoms with Crippen LogP contribution in [0.2, 0.25) is 0 Å². The average Bonchev–Trinajstić information content (AvgIpc) is 3.38. The number of hydrogen-bond acceptors (Lipinski definition) is 8. The molecule has 1 heterocycles. The highest BCUT2D eigenvalue weighted by Gasteiger charge is 2.14. The van der Waals surface area contributed by atoms with Crippen molar-refractivity contribution in [1.82, 2.24) is 10.2 Å². The molecule has 4 aromatic rings. The van der Waals surface area contributed by atoms with Crippen molar-refractivity contribution < 1.29 is 19.0 Å². The number of aryl methyl sites for hydroxylation is 2. The van der Waals surface area contributed by atoms with E-state index in [2.05, 4.69) is 15.5 Å². The maximum absolute atomic E-state index is 12.7. The van der Waals surface area contributed by atoms with Crippen molar-refractivity contribution in [2.75, 3.05) is 25.6 Å². The number of hydrogen-bond donors (Lipinski definition) is 1. The Hall–Kier alpha value is -4.68. The smallest absolute Gasteiger partial charge is 0.268 e. The van der Waals surface area contributed by atoms with Crippen LogP contribution in [0.5, 0.6) is 17.2 Å². The Morgan fingerprint density at radius 2 is 1.72 bits per heavy atom. The van der Waals surface area contributed by atoms with E-state index in [9.17, 15) is 10.1 Å². The highest BCUT2D eigenvalue weighted by atomic mass is 32.1. The summed E-state index contributed by atoms with van der Waals surface area (Å²) in [4.78, 5) is 12.7. The molecule has 4 rings (SSSR count). The van der Waals surface area contributed by atoms with Crippen LogP contribution in [0, 0.1) is 25.2 Å². The van der Waals surface area contributed by atoms with Gasteiger partial charge in [0.15, 0.2) is 11.5 Å². The number of carbonyl (C=O) groups is 1. The van der Waals surface area contributed by atoms with E-state index in [1.807, 2.05) is 68.4 Å². The molecule has 0 aliphatic rings. The molecule has 0 atom stereocenters. The molecule has 3 aromatic carbocycles. The number of para-hydroxylation sites is 1. The van der Waals surface area contributed by atoms with Crippen LogP contribution in [0.1, 0.15) is 27.3 Å². The third-order valence-electron chi connectivity index (χ3n) is 5.75. The Balaban J connectivity index is 1.36. The van der Waals surface area contributed by atoms with Gasteiger partial charge in [-0.25, -0.2) is 0 Å². The molecular weight excluding hydrogens is 512 g/mol. The van der Waals surface area contributed by atoms with Crippen LogP contribution in [0.15, 0.2) is 72.3 Å². The van der Waals surface area contributed by atoms with Crippen molar-refractivity contribution in [2.45, 2.75) is 20.3 Å². The number of nitrogens with zero attached hydrogens (tertiary/aromatic N) is 3. The van der Waals surface area contributed by atoms with E-state index < -0.39 is 5.91 Å². The molecule has 1 aromatic heterocycles. The summed E-state index contributed by atoms with van der Waals surface area (Å²) in [5.74, 6) is 1.30. The maximum atomic E-state index is 12.7. The third kappa shape index (κ3) is 7.43. The second-order valence-electron chi connectivity index (χ2n) is 8.62. The molecule has 0 aliphatic heterocycles. The number of anilines is 1. The summed E-state index contributed by atoms with van der Waals surface area (Å²) in [5, 5.41) is 21.5. The van der Waals surface area contributed by atoms with E-state index in [1.165, 1.54) is 24.5 Å². The van der Waals surface area contributed by atoms with Gasteiger partial charge in [0, 0.05) is 6.42 Å². The van der Waals surface area contributed by atoms with Gasteiger partial charge in [0.25, 0.3) is 5.91 Å². The maximum Gasteiger partial charge on any atom is 0.268 e. The van der Waals surface area contributed by atoms with Gasteiger partial charge in [-0.1, -0.05) is 65.9 Å². The molecule has 0 radical (unpaired) electrons. The lowest BCUT2D eigenvalue weighted by atomic mass is 10.1. The number of benzene rings is 3. The number of carbonyl (C=O) groups excluding carboxylic acids is 1. The molecule has 0 saturated carbocycles. The van der Waals surface area contributed by atoms with Crippen molar-refractivity contribution in [2.24, 2.45) is 0 Å². The zero-order chi connectivity index (χ0) is 27.6. The fourth-order valence-corrected chi connectivity index (χ4v) is 4.61. The van der Waals surface area contributed by atoms with Crippen LogP contribution in [0.3, 0.4) is 0 Å². The molecule has 1 N–H and O–H groups in total. The van der Waals surface area contributed by atoms with Crippen LogP contribution in [-0.2, 0) is 11.2 Å². The van der Waals surface area contributed by atoms with Gasteiger partial charge < -0.3 is 14.2 Å². The molecule has 0 spiro atoms. The number of rotatable bonds is 11. The molecule has 9 heteroatoms. The molecule has 39 heavy (non-hydrogen) atoms. The molecule has 8 nitrogen and oxygen atoms in total. The predicted octanol–water partition coefficient (Wildman–Crippen LogP) is 5.76. The highest BCUT2D eigenvalue weighted by Crippen LogP contribution is 2.29. The van der Waals surface area contributed by atoms with E-state index in [0.717, 1.165) is 27.4 Å². The molecule has 198 valence electrons. The first-order valence-electron chi connectivity index (χ1n) is 12.3. The summed E-state index contributed by atoms with van der Waals surface area (Å²) in [6, 6.07) is 23.0. The Bertz CT molecular complexity index is 1490. The van der Waals surface area contributed by atoms with Gasteiger partial charge in [-0.3, -0.25) is 10.1 Å². The number of nitrogens with one attached hydrogen (secondary N) is 1. The van der Waals surface area contributed by atoms with E-state index in [4.69, 9.17) is 14.2 Å². The number of amides is 1. The van der Waals surface area contributed by atoms with Crippen LogP contribution < -0.4 is 19.5 Å². The summed E-state index contributed by atoms with van der Waals surface area (Å²) < 4.78 is 17.2. The summed E-state index contributed by atoms with van der Waals surface area (Å²) in [6.07, 6.45) is 2.10. The molecule has 0 unspecified atom stereocenters. The van der Waals surface area contributed by atoms with E-state index >= 15 is 0 Å². The fourth-order valence-electron chi connectivity index (χ4n) is 3.84. The van der Waals surface area contributed by atoms with Gasteiger partial charge >= 0.3 is 0 Å². The molecule has 0 bridgehead atoms. The number of methoxy groups -OCH3 is 1. The van der Waals surface area contributed by atoms with Crippen LogP contribution in [0.4, 0.5) is 5.13 Å². The fraction of sp³-hybridized carbons (Fsp3) is 0.200. The Morgan fingerprint density at radius 1 is 0.974 bits per heavy atom. The second kappa shape index (κ2) is 13.2. The average molecular weight is 541 g/mol. The summed E-state index contributed by atoms with van der Waals surface area (Å²) in [7, 11) is 1.53. The molecular formula is C30H28N4O4S. The van der Waals surface area contributed by atoms with Gasteiger partial charge in [-0.2, -0.15) is 5.26 Å². The van der Waals surface area contributed by atoms with Crippen molar-refractivity contribution in [3.05, 3.63) is 99.6 Å². The normalized spacial score (nSPS) is 11.0.